The molecule has 0 saturated heterocycles. The Labute approximate surface area is 105 Å². The van der Waals surface area contributed by atoms with Crippen LogP contribution in [0.3, 0.4) is 0 Å². The molecule has 0 aliphatic heterocycles. The van der Waals surface area contributed by atoms with Gasteiger partial charge in [-0.25, -0.2) is 0 Å². The monoisotopic (exact) mass is 241 g/mol. The lowest BCUT2D eigenvalue weighted by Gasteiger charge is -2.41. The molecule has 0 aromatic heterocycles. The largest absolute Gasteiger partial charge is 0.389 e. The van der Waals surface area contributed by atoms with Crippen LogP contribution in [0.1, 0.15) is 57.8 Å². The Balaban J connectivity index is 1.72. The molecule has 2 aliphatic rings. The molecule has 0 bridgehead atoms. The number of hydrogen-bond donors (Lipinski definition) is 2. The van der Waals surface area contributed by atoms with Gasteiger partial charge < -0.3 is 15.2 Å². The van der Waals surface area contributed by atoms with Crippen LogP contribution in [0.4, 0.5) is 0 Å². The average Bonchev–Trinajstić information content (AvgIpc) is 2.48. The molecule has 2 aliphatic carbocycles. The summed E-state index contributed by atoms with van der Waals surface area (Å²) < 4.78 is 5.58. The van der Waals surface area contributed by atoms with Crippen LogP contribution >= 0.6 is 0 Å². The Bertz CT molecular complexity index is 225. The molecule has 0 unspecified atom stereocenters. The molecule has 3 heteroatoms. The van der Waals surface area contributed by atoms with Crippen molar-refractivity contribution in [1.29, 1.82) is 0 Å². The Kier molecular flexibility index (Phi) is 4.45. The summed E-state index contributed by atoms with van der Waals surface area (Å²) in [6, 6.07) is 0. The Morgan fingerprint density at radius 2 is 1.59 bits per heavy atom. The van der Waals surface area contributed by atoms with Crippen molar-refractivity contribution in [3.63, 3.8) is 0 Å². The van der Waals surface area contributed by atoms with Gasteiger partial charge in [0.25, 0.3) is 0 Å². The molecule has 2 N–H and O–H groups in total. The minimum absolute atomic E-state index is 0.0705. The van der Waals surface area contributed by atoms with E-state index in [1.165, 1.54) is 32.1 Å². The number of aliphatic hydroxyl groups is 1. The van der Waals surface area contributed by atoms with E-state index in [1.54, 1.807) is 7.11 Å². The first kappa shape index (κ1) is 13.3. The molecule has 3 nitrogen and oxygen atoms in total. The molecule has 0 aromatic rings. The number of rotatable bonds is 5. The summed E-state index contributed by atoms with van der Waals surface area (Å²) in [7, 11) is 1.81. The first-order valence-corrected chi connectivity index (χ1v) is 7.16. The van der Waals surface area contributed by atoms with E-state index in [2.05, 4.69) is 5.32 Å². The summed E-state index contributed by atoms with van der Waals surface area (Å²) in [5.41, 5.74) is -0.393. The molecule has 0 atom stereocenters. The first-order valence-electron chi connectivity index (χ1n) is 7.16. The molecule has 0 spiro atoms. The van der Waals surface area contributed by atoms with Crippen LogP contribution in [-0.4, -0.2) is 36.5 Å². The van der Waals surface area contributed by atoms with Gasteiger partial charge in [0.2, 0.25) is 0 Å². The fourth-order valence-corrected chi connectivity index (χ4v) is 3.11. The fourth-order valence-electron chi connectivity index (χ4n) is 3.11. The summed E-state index contributed by atoms with van der Waals surface area (Å²) in [5.74, 6) is 0. The quantitative estimate of drug-likeness (QED) is 0.725. The normalized spacial score (nSPS) is 27.2. The summed E-state index contributed by atoms with van der Waals surface area (Å²) in [5, 5.41) is 14.0. The fraction of sp³-hybridized carbons (Fsp3) is 1.00. The third-order valence-electron chi connectivity index (χ3n) is 4.63. The summed E-state index contributed by atoms with van der Waals surface area (Å²) in [4.78, 5) is 0. The first-order chi connectivity index (χ1) is 8.18. The van der Waals surface area contributed by atoms with Crippen molar-refractivity contribution < 1.29 is 9.84 Å². The standard InChI is InChI=1S/C14H27NO2/c1-17-14(9-6-10-14)12-15-11-13(16)7-4-2-3-5-8-13/h15-16H,2-12H2,1H3. The summed E-state index contributed by atoms with van der Waals surface area (Å²) in [6.07, 6.45) is 10.4. The van der Waals surface area contributed by atoms with Crippen LogP contribution in [0.2, 0.25) is 0 Å². The maximum absolute atomic E-state index is 10.5. The van der Waals surface area contributed by atoms with E-state index < -0.39 is 5.60 Å². The molecule has 2 fully saturated rings. The van der Waals surface area contributed by atoms with E-state index in [4.69, 9.17) is 4.74 Å². The molecular weight excluding hydrogens is 214 g/mol. The van der Waals surface area contributed by atoms with E-state index in [-0.39, 0.29) is 5.60 Å². The maximum atomic E-state index is 10.5. The number of nitrogens with one attached hydrogen (secondary N) is 1. The molecule has 0 aromatic carbocycles. The lowest BCUT2D eigenvalue weighted by molar-refractivity contribution is -0.0734. The van der Waals surface area contributed by atoms with Gasteiger partial charge in [-0.2, -0.15) is 0 Å². The van der Waals surface area contributed by atoms with Gasteiger partial charge in [0.05, 0.1) is 11.2 Å². The second-order valence-corrected chi connectivity index (χ2v) is 5.98. The highest BCUT2D eigenvalue weighted by Crippen LogP contribution is 2.34. The van der Waals surface area contributed by atoms with Crippen molar-refractivity contribution >= 4 is 0 Å². The second-order valence-electron chi connectivity index (χ2n) is 5.98. The van der Waals surface area contributed by atoms with Crippen molar-refractivity contribution in [3.05, 3.63) is 0 Å². The van der Waals surface area contributed by atoms with Crippen molar-refractivity contribution in [1.82, 2.24) is 5.32 Å². The van der Waals surface area contributed by atoms with Gasteiger partial charge >= 0.3 is 0 Å². The van der Waals surface area contributed by atoms with Crippen LogP contribution in [0.25, 0.3) is 0 Å². The van der Waals surface area contributed by atoms with Crippen molar-refractivity contribution in [2.75, 3.05) is 20.2 Å². The van der Waals surface area contributed by atoms with E-state index in [9.17, 15) is 5.11 Å². The highest BCUT2D eigenvalue weighted by molar-refractivity contribution is 4.93. The van der Waals surface area contributed by atoms with Gasteiger partial charge in [0, 0.05) is 20.2 Å². The summed E-state index contributed by atoms with van der Waals surface area (Å²) >= 11 is 0. The SMILES string of the molecule is COC1(CNCC2(O)CCCCCC2)CCC1. The van der Waals surface area contributed by atoms with Gasteiger partial charge in [0.1, 0.15) is 0 Å². The van der Waals surface area contributed by atoms with Crippen LogP contribution in [0, 0.1) is 0 Å². The minimum Gasteiger partial charge on any atom is -0.389 e. The molecule has 0 radical (unpaired) electrons. The smallest absolute Gasteiger partial charge is 0.0802 e. The maximum Gasteiger partial charge on any atom is 0.0802 e. The molecule has 100 valence electrons. The second kappa shape index (κ2) is 5.68. The Morgan fingerprint density at radius 3 is 2.06 bits per heavy atom. The third-order valence-corrected chi connectivity index (χ3v) is 4.63. The molecule has 2 saturated carbocycles. The van der Waals surface area contributed by atoms with Gasteiger partial charge in [-0.1, -0.05) is 25.7 Å². The number of methoxy groups -OCH3 is 1. The lowest BCUT2D eigenvalue weighted by atomic mass is 9.80. The van der Waals surface area contributed by atoms with Gasteiger partial charge in [-0.3, -0.25) is 0 Å². The highest BCUT2D eigenvalue weighted by atomic mass is 16.5. The average molecular weight is 241 g/mol. The predicted molar refractivity (Wildman–Crippen MR) is 69.1 cm³/mol. The van der Waals surface area contributed by atoms with E-state index >= 15 is 0 Å². The Hall–Kier alpha value is -0.120. The van der Waals surface area contributed by atoms with E-state index in [0.717, 1.165) is 38.8 Å². The molecular formula is C14H27NO2. The minimum atomic E-state index is -0.463. The van der Waals surface area contributed by atoms with Crippen molar-refractivity contribution in [2.45, 2.75) is 69.0 Å². The van der Waals surface area contributed by atoms with Crippen LogP contribution < -0.4 is 5.32 Å². The molecule has 0 amide bonds. The zero-order valence-corrected chi connectivity index (χ0v) is 11.1. The van der Waals surface area contributed by atoms with Crippen LogP contribution in [0.5, 0.6) is 0 Å². The Morgan fingerprint density at radius 1 is 0.941 bits per heavy atom. The molecule has 17 heavy (non-hydrogen) atoms. The van der Waals surface area contributed by atoms with Gasteiger partial charge in [-0.05, 0) is 32.1 Å². The van der Waals surface area contributed by atoms with E-state index in [1.807, 2.05) is 0 Å². The van der Waals surface area contributed by atoms with Crippen molar-refractivity contribution in [2.24, 2.45) is 0 Å². The zero-order chi connectivity index (χ0) is 12.2. The molecule has 0 heterocycles. The van der Waals surface area contributed by atoms with Crippen molar-refractivity contribution in [3.8, 4) is 0 Å². The van der Waals surface area contributed by atoms with Gasteiger partial charge in [-0.15, -0.1) is 0 Å². The number of hydrogen-bond acceptors (Lipinski definition) is 3. The number of ether oxygens (including phenoxy) is 1. The third kappa shape index (κ3) is 3.43. The van der Waals surface area contributed by atoms with Gasteiger partial charge in [0.15, 0.2) is 0 Å². The van der Waals surface area contributed by atoms with Crippen LogP contribution in [-0.2, 0) is 4.74 Å². The highest BCUT2D eigenvalue weighted by Gasteiger charge is 2.37. The summed E-state index contributed by atoms with van der Waals surface area (Å²) in [6.45, 7) is 1.63. The predicted octanol–water partition coefficient (Wildman–Crippen LogP) is 2.23. The molecule has 2 rings (SSSR count). The topological polar surface area (TPSA) is 41.5 Å². The van der Waals surface area contributed by atoms with E-state index in [0.29, 0.717) is 0 Å². The zero-order valence-electron chi connectivity index (χ0n) is 11.1. The lowest BCUT2D eigenvalue weighted by Crippen LogP contribution is -2.51. The van der Waals surface area contributed by atoms with Crippen LogP contribution in [0.15, 0.2) is 0 Å².